The van der Waals surface area contributed by atoms with Gasteiger partial charge in [-0.1, -0.05) is 0 Å². The minimum Gasteiger partial charge on any atom is -0.369 e. The van der Waals surface area contributed by atoms with Crippen molar-refractivity contribution in [1.29, 1.82) is 0 Å². The van der Waals surface area contributed by atoms with Gasteiger partial charge in [-0.05, 0) is 19.1 Å². The fourth-order valence-corrected chi connectivity index (χ4v) is 1.35. The molecule has 0 atom stereocenters. The number of aromatic nitrogens is 3. The average molecular weight is 243 g/mol. The normalized spacial score (nSPS) is 9.83. The first-order valence-corrected chi connectivity index (χ1v) is 5.57. The van der Waals surface area contributed by atoms with Crippen molar-refractivity contribution in [3.63, 3.8) is 0 Å². The van der Waals surface area contributed by atoms with Crippen LogP contribution in [0, 0.1) is 0 Å². The van der Waals surface area contributed by atoms with Crippen LogP contribution in [0.5, 0.6) is 0 Å². The summed E-state index contributed by atoms with van der Waals surface area (Å²) in [7, 11) is 0. The lowest BCUT2D eigenvalue weighted by Gasteiger charge is -2.04. The SMILES string of the molecule is CCNc1cnc(C(=O)Nc2cccnc2)cn1. The monoisotopic (exact) mass is 243 g/mol. The Labute approximate surface area is 105 Å². The number of nitrogens with zero attached hydrogens (tertiary/aromatic N) is 3. The van der Waals surface area contributed by atoms with Crippen molar-refractivity contribution in [2.45, 2.75) is 6.92 Å². The summed E-state index contributed by atoms with van der Waals surface area (Å²) in [5.74, 6) is 0.342. The van der Waals surface area contributed by atoms with Gasteiger partial charge in [0.05, 0.1) is 24.3 Å². The number of hydrogen-bond acceptors (Lipinski definition) is 5. The molecular weight excluding hydrogens is 230 g/mol. The molecular formula is C12H13N5O. The quantitative estimate of drug-likeness (QED) is 0.851. The lowest BCUT2D eigenvalue weighted by Crippen LogP contribution is -2.14. The van der Waals surface area contributed by atoms with Crippen molar-refractivity contribution in [1.82, 2.24) is 15.0 Å². The summed E-state index contributed by atoms with van der Waals surface area (Å²) < 4.78 is 0. The van der Waals surface area contributed by atoms with Gasteiger partial charge in [0.2, 0.25) is 0 Å². The van der Waals surface area contributed by atoms with E-state index < -0.39 is 0 Å². The minimum absolute atomic E-state index is 0.264. The number of rotatable bonds is 4. The number of anilines is 2. The summed E-state index contributed by atoms with van der Waals surface area (Å²) in [6.45, 7) is 2.72. The maximum atomic E-state index is 11.8. The molecule has 0 saturated heterocycles. The molecule has 0 fully saturated rings. The summed E-state index contributed by atoms with van der Waals surface area (Å²) in [6.07, 6.45) is 6.17. The van der Waals surface area contributed by atoms with Crippen LogP contribution < -0.4 is 10.6 Å². The number of pyridine rings is 1. The number of nitrogens with one attached hydrogen (secondary N) is 2. The molecule has 2 rings (SSSR count). The van der Waals surface area contributed by atoms with E-state index in [4.69, 9.17) is 0 Å². The standard InChI is InChI=1S/C12H13N5O/c1-2-14-11-8-15-10(7-16-11)12(18)17-9-4-3-5-13-6-9/h3-8H,2H2,1H3,(H,14,16)(H,17,18). The minimum atomic E-state index is -0.307. The second kappa shape index (κ2) is 5.72. The van der Waals surface area contributed by atoms with Gasteiger partial charge in [0.25, 0.3) is 5.91 Å². The van der Waals surface area contributed by atoms with E-state index in [1.165, 1.54) is 12.4 Å². The summed E-state index contributed by atoms with van der Waals surface area (Å²) in [4.78, 5) is 23.8. The molecule has 0 saturated carbocycles. The van der Waals surface area contributed by atoms with Crippen molar-refractivity contribution < 1.29 is 4.79 Å². The molecule has 1 amide bonds. The van der Waals surface area contributed by atoms with Crippen molar-refractivity contribution in [3.05, 3.63) is 42.6 Å². The predicted octanol–water partition coefficient (Wildman–Crippen LogP) is 1.56. The Morgan fingerprint density at radius 3 is 2.78 bits per heavy atom. The van der Waals surface area contributed by atoms with Crippen LogP contribution in [0.1, 0.15) is 17.4 Å². The number of amides is 1. The lowest BCUT2D eigenvalue weighted by atomic mass is 10.3. The van der Waals surface area contributed by atoms with Gasteiger partial charge >= 0.3 is 0 Å². The van der Waals surface area contributed by atoms with Gasteiger partial charge in [-0.25, -0.2) is 9.97 Å². The van der Waals surface area contributed by atoms with Crippen LogP contribution in [0.4, 0.5) is 11.5 Å². The maximum Gasteiger partial charge on any atom is 0.275 e. The molecule has 0 radical (unpaired) electrons. The van der Waals surface area contributed by atoms with Crippen molar-refractivity contribution >= 4 is 17.4 Å². The van der Waals surface area contributed by atoms with E-state index in [-0.39, 0.29) is 11.6 Å². The first kappa shape index (κ1) is 12.0. The van der Waals surface area contributed by atoms with Gasteiger partial charge in [-0.15, -0.1) is 0 Å². The fourth-order valence-electron chi connectivity index (χ4n) is 1.35. The smallest absolute Gasteiger partial charge is 0.275 e. The van der Waals surface area contributed by atoms with Crippen LogP contribution in [-0.2, 0) is 0 Å². The topological polar surface area (TPSA) is 79.8 Å². The van der Waals surface area contributed by atoms with Crippen molar-refractivity contribution in [2.75, 3.05) is 17.2 Å². The van der Waals surface area contributed by atoms with Gasteiger partial charge in [0, 0.05) is 12.7 Å². The highest BCUT2D eigenvalue weighted by Gasteiger charge is 2.08. The molecule has 0 unspecified atom stereocenters. The third-order valence-electron chi connectivity index (χ3n) is 2.16. The number of carbonyl (C=O) groups is 1. The number of hydrogen-bond donors (Lipinski definition) is 2. The van der Waals surface area contributed by atoms with Crippen molar-refractivity contribution in [3.8, 4) is 0 Å². The molecule has 0 aliphatic heterocycles. The lowest BCUT2D eigenvalue weighted by molar-refractivity contribution is 0.102. The van der Waals surface area contributed by atoms with Crippen LogP contribution in [0.3, 0.4) is 0 Å². The van der Waals surface area contributed by atoms with Gasteiger partial charge in [0.1, 0.15) is 11.5 Å². The second-order valence-electron chi connectivity index (χ2n) is 3.51. The highest BCUT2D eigenvalue weighted by Crippen LogP contribution is 2.06. The summed E-state index contributed by atoms with van der Waals surface area (Å²) in [6, 6.07) is 3.50. The van der Waals surface area contributed by atoms with E-state index in [0.29, 0.717) is 11.5 Å². The van der Waals surface area contributed by atoms with Crippen LogP contribution in [0.25, 0.3) is 0 Å². The molecule has 0 spiro atoms. The van der Waals surface area contributed by atoms with Crippen molar-refractivity contribution in [2.24, 2.45) is 0 Å². The zero-order chi connectivity index (χ0) is 12.8. The van der Waals surface area contributed by atoms with E-state index >= 15 is 0 Å². The van der Waals surface area contributed by atoms with Gasteiger partial charge in [-0.3, -0.25) is 9.78 Å². The molecule has 92 valence electrons. The predicted molar refractivity (Wildman–Crippen MR) is 68.4 cm³/mol. The zero-order valence-electron chi connectivity index (χ0n) is 9.92. The number of carbonyl (C=O) groups excluding carboxylic acids is 1. The second-order valence-corrected chi connectivity index (χ2v) is 3.51. The molecule has 18 heavy (non-hydrogen) atoms. The van der Waals surface area contributed by atoms with Gasteiger partial charge in [-0.2, -0.15) is 0 Å². The molecule has 6 nitrogen and oxygen atoms in total. The Kier molecular flexibility index (Phi) is 3.80. The van der Waals surface area contributed by atoms with Crippen LogP contribution in [0.2, 0.25) is 0 Å². The largest absolute Gasteiger partial charge is 0.369 e. The molecule has 2 N–H and O–H groups in total. The molecule has 0 bridgehead atoms. The Bertz CT molecular complexity index is 512. The molecule has 2 heterocycles. The Morgan fingerprint density at radius 1 is 1.28 bits per heavy atom. The first-order valence-electron chi connectivity index (χ1n) is 5.57. The first-order chi connectivity index (χ1) is 8.79. The van der Waals surface area contributed by atoms with E-state index in [9.17, 15) is 4.79 Å². The molecule has 6 heteroatoms. The van der Waals surface area contributed by atoms with Gasteiger partial charge in [0.15, 0.2) is 0 Å². The highest BCUT2D eigenvalue weighted by molar-refractivity contribution is 6.02. The third-order valence-corrected chi connectivity index (χ3v) is 2.16. The van der Waals surface area contributed by atoms with Gasteiger partial charge < -0.3 is 10.6 Å². The molecule has 2 aromatic heterocycles. The van der Waals surface area contributed by atoms with Crippen LogP contribution >= 0.6 is 0 Å². The molecule has 0 aliphatic rings. The van der Waals surface area contributed by atoms with Crippen LogP contribution in [0.15, 0.2) is 36.9 Å². The zero-order valence-corrected chi connectivity index (χ0v) is 9.92. The van der Waals surface area contributed by atoms with Crippen LogP contribution in [-0.4, -0.2) is 27.4 Å². The summed E-state index contributed by atoms with van der Waals surface area (Å²) >= 11 is 0. The average Bonchev–Trinajstić information content (AvgIpc) is 2.41. The summed E-state index contributed by atoms with van der Waals surface area (Å²) in [5, 5.41) is 5.69. The Hall–Kier alpha value is -2.50. The Balaban J connectivity index is 2.05. The van der Waals surface area contributed by atoms with E-state index in [2.05, 4.69) is 25.6 Å². The highest BCUT2D eigenvalue weighted by atomic mass is 16.1. The maximum absolute atomic E-state index is 11.8. The Morgan fingerprint density at radius 2 is 2.17 bits per heavy atom. The summed E-state index contributed by atoms with van der Waals surface area (Å²) in [5.41, 5.74) is 0.889. The van der Waals surface area contributed by atoms with E-state index in [1.807, 2.05) is 6.92 Å². The molecule has 0 aliphatic carbocycles. The molecule has 2 aromatic rings. The van der Waals surface area contributed by atoms with E-state index in [0.717, 1.165) is 6.54 Å². The fraction of sp³-hybridized carbons (Fsp3) is 0.167. The van der Waals surface area contributed by atoms with E-state index in [1.54, 1.807) is 24.5 Å². The third kappa shape index (κ3) is 3.00. The molecule has 0 aromatic carbocycles.